The third kappa shape index (κ3) is 5.07. The van der Waals surface area contributed by atoms with Gasteiger partial charge >= 0.3 is 0 Å². The molecule has 4 rings (SSSR count). The third-order valence-electron chi connectivity index (χ3n) is 7.04. The lowest BCUT2D eigenvalue weighted by Crippen LogP contribution is -2.58. The van der Waals surface area contributed by atoms with Crippen LogP contribution in [0.25, 0.3) is 11.1 Å². The third-order valence-corrected chi connectivity index (χ3v) is 7.04. The Labute approximate surface area is 211 Å². The molecule has 0 aliphatic carbocycles. The van der Waals surface area contributed by atoms with E-state index in [9.17, 15) is 24.6 Å². The van der Waals surface area contributed by atoms with E-state index in [0.717, 1.165) is 16.7 Å². The first-order valence-corrected chi connectivity index (χ1v) is 12.4. The topological polar surface area (TPSA) is 119 Å². The van der Waals surface area contributed by atoms with E-state index in [4.69, 9.17) is 4.74 Å². The highest BCUT2D eigenvalue weighted by Crippen LogP contribution is 2.33. The summed E-state index contributed by atoms with van der Waals surface area (Å²) in [4.78, 5) is 41.3. The number of aliphatic hydroxyl groups is 2. The molecule has 3 N–H and O–H groups in total. The molecule has 2 heterocycles. The number of carbonyl (C=O) groups excluding carboxylic acids is 3. The fraction of sp³-hybridized carbons (Fsp3) is 0.464. The van der Waals surface area contributed by atoms with Crippen LogP contribution in [0.1, 0.15) is 49.0 Å². The first kappa shape index (κ1) is 26.0. The minimum Gasteiger partial charge on any atom is -0.394 e. The molecule has 2 aliphatic rings. The number of Topliss-reactive ketones (excluding diaryl/α,β-unsaturated/α-hetero) is 1. The Kier molecular flexibility index (Phi) is 7.59. The molecule has 0 radical (unpaired) electrons. The second kappa shape index (κ2) is 10.5. The number of epoxide rings is 1. The number of fused-ring (bicyclic) bond motifs is 1. The van der Waals surface area contributed by atoms with Crippen molar-refractivity contribution in [2.24, 2.45) is 5.92 Å². The zero-order valence-corrected chi connectivity index (χ0v) is 20.9. The van der Waals surface area contributed by atoms with E-state index in [1.165, 1.54) is 4.90 Å². The molecule has 2 aromatic carbocycles. The number of hydrogen-bond donors (Lipinski definition) is 3. The molecular formula is C28H34N2O6. The number of hydrogen-bond acceptors (Lipinski definition) is 6. The Balaban J connectivity index is 1.58. The van der Waals surface area contributed by atoms with Crippen LogP contribution in [-0.2, 0) is 14.3 Å². The van der Waals surface area contributed by atoms with Crippen molar-refractivity contribution in [3.05, 3.63) is 59.7 Å². The molecule has 2 amide bonds. The molecule has 192 valence electrons. The lowest BCUT2D eigenvalue weighted by atomic mass is 9.87. The SMILES string of the molecule is CC(C)CC(NC(=O)[C@H](CO)N1CC(C)c2ccc(-c3ccccc3)cc2C1=O)C(=O)C1(CO)CO1. The fourth-order valence-corrected chi connectivity index (χ4v) is 4.89. The molecule has 2 aliphatic heterocycles. The van der Waals surface area contributed by atoms with Crippen molar-refractivity contribution in [3.63, 3.8) is 0 Å². The van der Waals surface area contributed by atoms with Gasteiger partial charge in [0.25, 0.3) is 5.91 Å². The molecule has 0 bridgehead atoms. The van der Waals surface area contributed by atoms with Gasteiger partial charge in [0.2, 0.25) is 5.91 Å². The predicted molar refractivity (Wildman–Crippen MR) is 134 cm³/mol. The van der Waals surface area contributed by atoms with Crippen molar-refractivity contribution in [1.29, 1.82) is 0 Å². The highest BCUT2D eigenvalue weighted by molar-refractivity contribution is 6.02. The van der Waals surface area contributed by atoms with Crippen LogP contribution in [0.5, 0.6) is 0 Å². The van der Waals surface area contributed by atoms with Crippen molar-refractivity contribution < 1.29 is 29.3 Å². The van der Waals surface area contributed by atoms with Crippen molar-refractivity contribution in [2.45, 2.75) is 50.8 Å². The number of amides is 2. The normalized spacial score (nSPS) is 22.7. The summed E-state index contributed by atoms with van der Waals surface area (Å²) >= 11 is 0. The molecule has 1 fully saturated rings. The Morgan fingerprint density at radius 1 is 1.14 bits per heavy atom. The van der Waals surface area contributed by atoms with Crippen molar-refractivity contribution >= 4 is 17.6 Å². The van der Waals surface area contributed by atoms with Gasteiger partial charge in [0.15, 0.2) is 11.4 Å². The Hall–Kier alpha value is -3.07. The fourth-order valence-electron chi connectivity index (χ4n) is 4.89. The molecule has 8 nitrogen and oxygen atoms in total. The quantitative estimate of drug-likeness (QED) is 0.436. The van der Waals surface area contributed by atoms with Crippen LogP contribution >= 0.6 is 0 Å². The highest BCUT2D eigenvalue weighted by atomic mass is 16.6. The van der Waals surface area contributed by atoms with E-state index >= 15 is 0 Å². The average Bonchev–Trinajstić information content (AvgIpc) is 3.68. The van der Waals surface area contributed by atoms with Gasteiger partial charge in [0.1, 0.15) is 6.04 Å². The molecule has 3 unspecified atom stereocenters. The lowest BCUT2D eigenvalue weighted by molar-refractivity contribution is -0.134. The number of rotatable bonds is 10. The summed E-state index contributed by atoms with van der Waals surface area (Å²) in [5.74, 6) is -1.29. The first-order valence-electron chi connectivity index (χ1n) is 12.4. The summed E-state index contributed by atoms with van der Waals surface area (Å²) in [5, 5.41) is 22.5. The zero-order chi connectivity index (χ0) is 26.0. The number of ether oxygens (including phenoxy) is 1. The average molecular weight is 495 g/mol. The number of nitrogens with zero attached hydrogens (tertiary/aromatic N) is 1. The van der Waals surface area contributed by atoms with Gasteiger partial charge in [-0.05, 0) is 41.0 Å². The van der Waals surface area contributed by atoms with Crippen LogP contribution < -0.4 is 5.32 Å². The number of carbonyl (C=O) groups is 3. The highest BCUT2D eigenvalue weighted by Gasteiger charge is 2.54. The van der Waals surface area contributed by atoms with Crippen LogP contribution in [0.4, 0.5) is 0 Å². The van der Waals surface area contributed by atoms with Crippen LogP contribution in [0.15, 0.2) is 48.5 Å². The largest absolute Gasteiger partial charge is 0.394 e. The Morgan fingerprint density at radius 3 is 2.42 bits per heavy atom. The van der Waals surface area contributed by atoms with E-state index in [1.807, 2.05) is 69.3 Å². The van der Waals surface area contributed by atoms with Gasteiger partial charge in [-0.2, -0.15) is 0 Å². The van der Waals surface area contributed by atoms with E-state index in [0.29, 0.717) is 12.0 Å². The molecule has 0 spiro atoms. The molecule has 4 atom stereocenters. The van der Waals surface area contributed by atoms with Crippen LogP contribution in [0, 0.1) is 5.92 Å². The Morgan fingerprint density at radius 2 is 1.83 bits per heavy atom. The molecule has 1 saturated heterocycles. The summed E-state index contributed by atoms with van der Waals surface area (Å²) in [6, 6.07) is 13.5. The molecule has 0 saturated carbocycles. The standard InChI is InChI=1S/C28H34N2O6/c1-17(2)11-23(25(33)28(15-32)16-36-28)29-26(34)24(14-31)30-13-18(3)21-10-9-20(12-22(21)27(30)35)19-7-5-4-6-8-19/h4-10,12,17-18,23-24,31-32H,11,13-16H2,1-3H3,(H,29,34)/t18?,23?,24-,28?/m0/s1. The predicted octanol–water partition coefficient (Wildman–Crippen LogP) is 2.14. The van der Waals surface area contributed by atoms with E-state index in [1.54, 1.807) is 0 Å². The molecule has 2 aromatic rings. The minimum absolute atomic E-state index is 0.0463. The summed E-state index contributed by atoms with van der Waals surface area (Å²) < 4.78 is 5.21. The number of ketones is 1. The van der Waals surface area contributed by atoms with Gasteiger partial charge in [-0.25, -0.2) is 0 Å². The number of aliphatic hydroxyl groups excluding tert-OH is 2. The first-order chi connectivity index (χ1) is 17.2. The lowest BCUT2D eigenvalue weighted by Gasteiger charge is -2.37. The smallest absolute Gasteiger partial charge is 0.254 e. The maximum absolute atomic E-state index is 13.6. The summed E-state index contributed by atoms with van der Waals surface area (Å²) in [7, 11) is 0. The van der Waals surface area contributed by atoms with Crippen molar-refractivity contribution in [1.82, 2.24) is 10.2 Å². The van der Waals surface area contributed by atoms with Crippen LogP contribution in [-0.4, -0.2) is 76.8 Å². The molecule has 0 aromatic heterocycles. The maximum Gasteiger partial charge on any atom is 0.254 e. The molecule has 8 heteroatoms. The number of nitrogens with one attached hydrogen (secondary N) is 1. The van der Waals surface area contributed by atoms with Gasteiger partial charge in [-0.1, -0.05) is 63.2 Å². The van der Waals surface area contributed by atoms with E-state index in [-0.39, 0.29) is 36.7 Å². The van der Waals surface area contributed by atoms with Crippen LogP contribution in [0.2, 0.25) is 0 Å². The summed E-state index contributed by atoms with van der Waals surface area (Å²) in [5.41, 5.74) is 2.00. The molecular weight excluding hydrogens is 460 g/mol. The maximum atomic E-state index is 13.6. The van der Waals surface area contributed by atoms with E-state index < -0.39 is 36.8 Å². The van der Waals surface area contributed by atoms with Gasteiger partial charge in [0, 0.05) is 12.1 Å². The van der Waals surface area contributed by atoms with Gasteiger partial charge in [-0.3, -0.25) is 14.4 Å². The minimum atomic E-state index is -1.27. The van der Waals surface area contributed by atoms with Crippen LogP contribution in [0.3, 0.4) is 0 Å². The molecule has 36 heavy (non-hydrogen) atoms. The second-order valence-corrected chi connectivity index (χ2v) is 10.2. The van der Waals surface area contributed by atoms with Crippen molar-refractivity contribution in [2.75, 3.05) is 26.4 Å². The zero-order valence-electron chi connectivity index (χ0n) is 20.9. The van der Waals surface area contributed by atoms with E-state index in [2.05, 4.69) is 5.32 Å². The van der Waals surface area contributed by atoms with Gasteiger partial charge < -0.3 is 25.2 Å². The number of benzene rings is 2. The van der Waals surface area contributed by atoms with Gasteiger partial charge in [-0.15, -0.1) is 0 Å². The monoisotopic (exact) mass is 494 g/mol. The van der Waals surface area contributed by atoms with Crippen molar-refractivity contribution in [3.8, 4) is 11.1 Å². The summed E-state index contributed by atoms with van der Waals surface area (Å²) in [6.45, 7) is 5.16. The van der Waals surface area contributed by atoms with Gasteiger partial charge in [0.05, 0.1) is 25.9 Å². The second-order valence-electron chi connectivity index (χ2n) is 10.2. The summed E-state index contributed by atoms with van der Waals surface area (Å²) in [6.07, 6.45) is 0.349. The Bertz CT molecular complexity index is 1130.